The summed E-state index contributed by atoms with van der Waals surface area (Å²) in [4.78, 5) is 7.27. The number of nitrogens with one attached hydrogen (secondary N) is 1. The smallest absolute Gasteiger partial charge is 0.193 e. The van der Waals surface area contributed by atoms with E-state index in [1.165, 1.54) is 19.3 Å². The minimum atomic E-state index is 0. The van der Waals surface area contributed by atoms with Crippen molar-refractivity contribution in [1.29, 1.82) is 0 Å². The molecular weight excluding hydrogens is 405 g/mol. The van der Waals surface area contributed by atoms with Gasteiger partial charge in [-0.3, -0.25) is 4.99 Å². The van der Waals surface area contributed by atoms with Gasteiger partial charge in [0.2, 0.25) is 0 Å². The second kappa shape index (κ2) is 10.2. The molecule has 1 aromatic heterocycles. The van der Waals surface area contributed by atoms with Gasteiger partial charge in [-0.15, -0.1) is 24.0 Å². The predicted octanol–water partition coefficient (Wildman–Crippen LogP) is 2.91. The molecule has 1 atom stereocenters. The molecule has 1 aromatic rings. The van der Waals surface area contributed by atoms with Gasteiger partial charge in [-0.25, -0.2) is 0 Å². The van der Waals surface area contributed by atoms with E-state index < -0.39 is 0 Å². The first kappa shape index (κ1) is 18.6. The minimum Gasteiger partial charge on any atom is -0.469 e. The Kier molecular flexibility index (Phi) is 8.22. The number of nitrogens with zero attached hydrogens (tertiary/aromatic N) is 2. The number of ether oxygens (including phenoxy) is 1. The molecule has 3 heterocycles. The number of piperidine rings is 1. The molecule has 0 aliphatic carbocycles. The van der Waals surface area contributed by atoms with Gasteiger partial charge in [0.1, 0.15) is 5.76 Å². The zero-order valence-corrected chi connectivity index (χ0v) is 16.0. The third-order valence-corrected chi connectivity index (χ3v) is 4.41. The normalized spacial score (nSPS) is 22.0. The monoisotopic (exact) mass is 433 g/mol. The molecule has 2 saturated heterocycles. The molecule has 1 unspecified atom stereocenters. The minimum absolute atomic E-state index is 0. The summed E-state index contributed by atoms with van der Waals surface area (Å²) in [5, 5.41) is 3.53. The van der Waals surface area contributed by atoms with Crippen LogP contribution in [0.15, 0.2) is 27.8 Å². The zero-order chi connectivity index (χ0) is 15.0. The predicted molar refractivity (Wildman–Crippen MR) is 102 cm³/mol. The lowest BCUT2D eigenvalue weighted by Crippen LogP contribution is -2.45. The third kappa shape index (κ3) is 5.99. The highest BCUT2D eigenvalue weighted by Gasteiger charge is 2.18. The van der Waals surface area contributed by atoms with Crippen LogP contribution in [0.2, 0.25) is 0 Å². The highest BCUT2D eigenvalue weighted by Crippen LogP contribution is 2.14. The van der Waals surface area contributed by atoms with E-state index in [1.807, 2.05) is 12.1 Å². The number of likely N-dealkylation sites (tertiary alicyclic amines) is 1. The Morgan fingerprint density at radius 3 is 2.87 bits per heavy atom. The molecule has 0 amide bonds. The van der Waals surface area contributed by atoms with Crippen LogP contribution in [-0.2, 0) is 11.2 Å². The molecule has 3 rings (SSSR count). The second-order valence-corrected chi connectivity index (χ2v) is 6.20. The molecule has 0 radical (unpaired) electrons. The second-order valence-electron chi connectivity index (χ2n) is 6.20. The Bertz CT molecular complexity index is 452. The zero-order valence-electron chi connectivity index (χ0n) is 13.7. The molecule has 0 bridgehead atoms. The largest absolute Gasteiger partial charge is 0.469 e. The molecule has 2 aliphatic heterocycles. The molecule has 6 heteroatoms. The van der Waals surface area contributed by atoms with Gasteiger partial charge >= 0.3 is 0 Å². The number of furan rings is 1. The van der Waals surface area contributed by atoms with Gasteiger partial charge < -0.3 is 19.4 Å². The summed E-state index contributed by atoms with van der Waals surface area (Å²) in [6.07, 6.45) is 7.65. The summed E-state index contributed by atoms with van der Waals surface area (Å²) >= 11 is 0. The van der Waals surface area contributed by atoms with E-state index in [4.69, 9.17) is 14.1 Å². The van der Waals surface area contributed by atoms with Crippen LogP contribution in [0.25, 0.3) is 0 Å². The number of aliphatic imine (C=N–C) groups is 1. The van der Waals surface area contributed by atoms with Crippen molar-refractivity contribution in [3.63, 3.8) is 0 Å². The highest BCUT2D eigenvalue weighted by atomic mass is 127. The first-order valence-corrected chi connectivity index (χ1v) is 8.55. The first-order chi connectivity index (χ1) is 10.9. The van der Waals surface area contributed by atoms with Crippen molar-refractivity contribution < 1.29 is 9.15 Å². The van der Waals surface area contributed by atoms with Crippen LogP contribution in [0.3, 0.4) is 0 Å². The van der Waals surface area contributed by atoms with Gasteiger partial charge in [-0.1, -0.05) is 0 Å². The lowest BCUT2D eigenvalue weighted by Gasteiger charge is -2.30. The van der Waals surface area contributed by atoms with Crippen LogP contribution in [0.5, 0.6) is 0 Å². The van der Waals surface area contributed by atoms with E-state index in [0.717, 1.165) is 64.0 Å². The maximum Gasteiger partial charge on any atom is 0.193 e. The average molecular weight is 433 g/mol. The number of hydrogen-bond donors (Lipinski definition) is 1. The van der Waals surface area contributed by atoms with Gasteiger partial charge in [-0.05, 0) is 37.8 Å². The number of hydrogen-bond acceptors (Lipinski definition) is 3. The lowest BCUT2D eigenvalue weighted by atomic mass is 10.1. The van der Waals surface area contributed by atoms with Crippen LogP contribution in [-0.4, -0.2) is 50.3 Å². The Hall–Kier alpha value is -0.760. The van der Waals surface area contributed by atoms with Crippen LogP contribution in [0.4, 0.5) is 0 Å². The van der Waals surface area contributed by atoms with Gasteiger partial charge in [0, 0.05) is 45.1 Å². The van der Waals surface area contributed by atoms with E-state index >= 15 is 0 Å². The van der Waals surface area contributed by atoms with E-state index in [1.54, 1.807) is 6.26 Å². The summed E-state index contributed by atoms with van der Waals surface area (Å²) in [7, 11) is 0. The Morgan fingerprint density at radius 2 is 2.17 bits per heavy atom. The van der Waals surface area contributed by atoms with Crippen molar-refractivity contribution in [1.82, 2.24) is 10.2 Å². The molecule has 2 fully saturated rings. The van der Waals surface area contributed by atoms with Gasteiger partial charge in [-0.2, -0.15) is 0 Å². The SMILES string of the molecule is I.c1coc(CCNC(=NCC2CCOC2)N2CCCCC2)c1. The molecule has 1 N–H and O–H groups in total. The maximum atomic E-state index is 5.45. The van der Waals surface area contributed by atoms with Gasteiger partial charge in [0.25, 0.3) is 0 Å². The lowest BCUT2D eigenvalue weighted by molar-refractivity contribution is 0.187. The highest BCUT2D eigenvalue weighted by molar-refractivity contribution is 14.0. The molecule has 5 nitrogen and oxygen atoms in total. The van der Waals surface area contributed by atoms with Crippen molar-refractivity contribution >= 4 is 29.9 Å². The van der Waals surface area contributed by atoms with Crippen molar-refractivity contribution in [3.8, 4) is 0 Å². The van der Waals surface area contributed by atoms with E-state index in [2.05, 4.69) is 10.2 Å². The molecule has 23 heavy (non-hydrogen) atoms. The Balaban J connectivity index is 0.00000192. The summed E-state index contributed by atoms with van der Waals surface area (Å²) in [5.41, 5.74) is 0. The maximum absolute atomic E-state index is 5.45. The fourth-order valence-electron chi connectivity index (χ4n) is 3.07. The summed E-state index contributed by atoms with van der Waals surface area (Å²) < 4.78 is 10.8. The summed E-state index contributed by atoms with van der Waals surface area (Å²) in [6, 6.07) is 3.96. The van der Waals surface area contributed by atoms with Crippen LogP contribution < -0.4 is 5.32 Å². The number of guanidine groups is 1. The van der Waals surface area contributed by atoms with Crippen molar-refractivity contribution in [3.05, 3.63) is 24.2 Å². The summed E-state index contributed by atoms with van der Waals surface area (Å²) in [5.74, 6) is 2.68. The number of rotatable bonds is 5. The van der Waals surface area contributed by atoms with E-state index in [-0.39, 0.29) is 24.0 Å². The first-order valence-electron chi connectivity index (χ1n) is 8.55. The van der Waals surface area contributed by atoms with E-state index in [0.29, 0.717) is 5.92 Å². The molecule has 0 saturated carbocycles. The van der Waals surface area contributed by atoms with Gasteiger partial charge in [0.05, 0.1) is 12.9 Å². The molecule has 0 spiro atoms. The van der Waals surface area contributed by atoms with Crippen LogP contribution in [0.1, 0.15) is 31.4 Å². The molecule has 130 valence electrons. The molecule has 0 aromatic carbocycles. The quantitative estimate of drug-likeness (QED) is 0.441. The van der Waals surface area contributed by atoms with Gasteiger partial charge in [0.15, 0.2) is 5.96 Å². The topological polar surface area (TPSA) is 50.0 Å². The van der Waals surface area contributed by atoms with Crippen molar-refractivity contribution in [2.45, 2.75) is 32.1 Å². The van der Waals surface area contributed by atoms with Crippen LogP contribution in [0, 0.1) is 5.92 Å². The fraction of sp³-hybridized carbons (Fsp3) is 0.706. The fourth-order valence-corrected chi connectivity index (χ4v) is 3.07. The standard InChI is InChI=1S/C17H27N3O2.HI/c1-2-9-20(10-3-1)17(19-13-15-7-12-21-14-15)18-8-6-16-5-4-11-22-16;/h4-5,11,15H,1-3,6-10,12-14H2,(H,18,19);1H. The van der Waals surface area contributed by atoms with Crippen LogP contribution >= 0.6 is 24.0 Å². The van der Waals surface area contributed by atoms with Crippen molar-refractivity contribution in [2.24, 2.45) is 10.9 Å². The Labute approximate surface area is 155 Å². The molecular formula is C17H28IN3O2. The third-order valence-electron chi connectivity index (χ3n) is 4.41. The average Bonchev–Trinajstić information content (AvgIpc) is 3.25. The Morgan fingerprint density at radius 1 is 1.30 bits per heavy atom. The number of halogens is 1. The summed E-state index contributed by atoms with van der Waals surface area (Å²) in [6.45, 7) is 5.74. The van der Waals surface area contributed by atoms with E-state index in [9.17, 15) is 0 Å². The van der Waals surface area contributed by atoms with Crippen molar-refractivity contribution in [2.75, 3.05) is 39.4 Å². The molecule has 2 aliphatic rings.